The Bertz CT molecular complexity index is 488. The molecule has 0 spiro atoms. The summed E-state index contributed by atoms with van der Waals surface area (Å²) in [6.07, 6.45) is 2.56. The molecule has 1 aromatic heterocycles. The smallest absolute Gasteiger partial charge is 0.246 e. The van der Waals surface area contributed by atoms with E-state index in [1.54, 1.807) is 13.8 Å². The van der Waals surface area contributed by atoms with Crippen LogP contribution in [0.2, 0.25) is 5.02 Å². The summed E-state index contributed by atoms with van der Waals surface area (Å²) in [5, 5.41) is 0.167. The first-order valence-corrected chi connectivity index (χ1v) is 6.91. The van der Waals surface area contributed by atoms with E-state index in [4.69, 9.17) is 17.4 Å². The van der Waals surface area contributed by atoms with Crippen molar-refractivity contribution in [1.29, 1.82) is 0 Å². The van der Waals surface area contributed by atoms with Gasteiger partial charge in [0.15, 0.2) is 0 Å². The predicted molar refractivity (Wildman–Crippen MR) is 67.2 cm³/mol. The zero-order valence-corrected chi connectivity index (χ0v) is 11.2. The van der Waals surface area contributed by atoms with Crippen molar-refractivity contribution in [2.24, 2.45) is 5.84 Å². The second kappa shape index (κ2) is 5.63. The van der Waals surface area contributed by atoms with Gasteiger partial charge in [-0.25, -0.2) is 8.42 Å². The first-order chi connectivity index (χ1) is 7.98. The van der Waals surface area contributed by atoms with E-state index in [0.29, 0.717) is 13.1 Å². The molecule has 0 fully saturated rings. The third kappa shape index (κ3) is 2.68. The van der Waals surface area contributed by atoms with Gasteiger partial charge in [0.25, 0.3) is 0 Å². The van der Waals surface area contributed by atoms with Crippen molar-refractivity contribution in [3.05, 3.63) is 17.4 Å². The number of nitrogens with zero attached hydrogens (tertiary/aromatic N) is 2. The average Bonchev–Trinajstić information content (AvgIpc) is 2.29. The van der Waals surface area contributed by atoms with Crippen LogP contribution in [0.1, 0.15) is 13.8 Å². The Labute approximate surface area is 106 Å². The largest absolute Gasteiger partial charge is 0.321 e. The molecule has 0 bridgehead atoms. The minimum Gasteiger partial charge on any atom is -0.321 e. The highest BCUT2D eigenvalue weighted by molar-refractivity contribution is 7.89. The fourth-order valence-electron chi connectivity index (χ4n) is 1.46. The van der Waals surface area contributed by atoms with Gasteiger partial charge in [0.1, 0.15) is 4.90 Å². The molecule has 0 radical (unpaired) electrons. The summed E-state index contributed by atoms with van der Waals surface area (Å²) < 4.78 is 25.8. The quantitative estimate of drug-likeness (QED) is 0.621. The zero-order valence-electron chi connectivity index (χ0n) is 9.64. The molecule has 0 saturated carbocycles. The van der Waals surface area contributed by atoms with Gasteiger partial charge in [-0.05, 0) is 0 Å². The minimum atomic E-state index is -3.62. The standard InChI is InChI=1S/C9H15ClN4O2S/c1-3-14(4-2)17(15,16)8-6-12-5-7(10)9(8)13-11/h5-6H,3-4,11H2,1-2H3,(H,12,13). The van der Waals surface area contributed by atoms with Crippen LogP contribution in [0.3, 0.4) is 0 Å². The molecule has 0 atom stereocenters. The highest BCUT2D eigenvalue weighted by Crippen LogP contribution is 2.29. The second-order valence-corrected chi connectivity index (χ2v) is 5.54. The van der Waals surface area contributed by atoms with Crippen LogP contribution in [-0.2, 0) is 10.0 Å². The van der Waals surface area contributed by atoms with Gasteiger partial charge in [-0.2, -0.15) is 4.31 Å². The maximum atomic E-state index is 12.3. The number of nitrogens with two attached hydrogens (primary N) is 1. The van der Waals surface area contributed by atoms with Gasteiger partial charge >= 0.3 is 0 Å². The number of nitrogen functional groups attached to an aromatic ring is 1. The zero-order chi connectivity index (χ0) is 13.1. The SMILES string of the molecule is CCN(CC)S(=O)(=O)c1cncc(Cl)c1NN. The Morgan fingerprint density at radius 3 is 2.47 bits per heavy atom. The third-order valence-corrected chi connectivity index (χ3v) is 4.68. The molecular weight excluding hydrogens is 264 g/mol. The molecule has 0 aliphatic rings. The van der Waals surface area contributed by atoms with Crippen molar-refractivity contribution >= 4 is 27.3 Å². The van der Waals surface area contributed by atoms with Crippen LogP contribution in [0.5, 0.6) is 0 Å². The Balaban J connectivity index is 3.38. The average molecular weight is 279 g/mol. The lowest BCUT2D eigenvalue weighted by molar-refractivity contribution is 0.445. The highest BCUT2D eigenvalue weighted by Gasteiger charge is 2.26. The summed E-state index contributed by atoms with van der Waals surface area (Å²) in [7, 11) is -3.62. The van der Waals surface area contributed by atoms with Gasteiger partial charge in [-0.15, -0.1) is 0 Å². The van der Waals surface area contributed by atoms with Crippen LogP contribution in [-0.4, -0.2) is 30.8 Å². The fourth-order valence-corrected chi connectivity index (χ4v) is 3.30. The summed E-state index contributed by atoms with van der Waals surface area (Å²) in [6.45, 7) is 4.26. The minimum absolute atomic E-state index is 0.0174. The van der Waals surface area contributed by atoms with E-state index in [9.17, 15) is 8.42 Å². The van der Waals surface area contributed by atoms with Crippen LogP contribution < -0.4 is 11.3 Å². The van der Waals surface area contributed by atoms with E-state index in [0.717, 1.165) is 0 Å². The molecule has 3 N–H and O–H groups in total. The maximum Gasteiger partial charge on any atom is 0.246 e. The first kappa shape index (κ1) is 14.2. The van der Waals surface area contributed by atoms with Gasteiger partial charge in [-0.1, -0.05) is 25.4 Å². The number of halogens is 1. The van der Waals surface area contributed by atoms with Crippen LogP contribution in [0, 0.1) is 0 Å². The van der Waals surface area contributed by atoms with E-state index >= 15 is 0 Å². The van der Waals surface area contributed by atoms with Gasteiger partial charge in [-0.3, -0.25) is 10.8 Å². The van der Waals surface area contributed by atoms with Crippen LogP contribution in [0.15, 0.2) is 17.3 Å². The molecule has 1 aromatic rings. The molecule has 0 amide bonds. The molecule has 0 unspecified atom stereocenters. The number of pyridine rings is 1. The van der Waals surface area contributed by atoms with E-state index in [-0.39, 0.29) is 15.6 Å². The van der Waals surface area contributed by atoms with Gasteiger partial charge in [0, 0.05) is 25.5 Å². The molecule has 0 aromatic carbocycles. The lowest BCUT2D eigenvalue weighted by atomic mass is 10.4. The summed E-state index contributed by atoms with van der Waals surface area (Å²) in [5.74, 6) is 5.29. The molecule has 0 saturated heterocycles. The molecule has 17 heavy (non-hydrogen) atoms. The Morgan fingerprint density at radius 2 is 2.00 bits per heavy atom. The molecule has 6 nitrogen and oxygen atoms in total. The Morgan fingerprint density at radius 1 is 1.41 bits per heavy atom. The number of hydrogen-bond donors (Lipinski definition) is 2. The van der Waals surface area contributed by atoms with Crippen LogP contribution in [0.25, 0.3) is 0 Å². The van der Waals surface area contributed by atoms with Crippen molar-refractivity contribution < 1.29 is 8.42 Å². The molecule has 1 rings (SSSR count). The molecule has 0 aliphatic heterocycles. The van der Waals surface area contributed by atoms with Crippen molar-refractivity contribution in [2.45, 2.75) is 18.7 Å². The van der Waals surface area contributed by atoms with E-state index < -0.39 is 10.0 Å². The molecular formula is C9H15ClN4O2S. The second-order valence-electron chi connectivity index (χ2n) is 3.23. The van der Waals surface area contributed by atoms with Crippen LogP contribution in [0.4, 0.5) is 5.69 Å². The van der Waals surface area contributed by atoms with Gasteiger partial charge < -0.3 is 5.43 Å². The number of aromatic nitrogens is 1. The summed E-state index contributed by atoms with van der Waals surface area (Å²) >= 11 is 5.84. The number of anilines is 1. The predicted octanol–water partition coefficient (Wildman–Crippen LogP) is 1.05. The number of rotatable bonds is 5. The van der Waals surface area contributed by atoms with Gasteiger partial charge in [0.05, 0.1) is 10.7 Å². The van der Waals surface area contributed by atoms with E-state index in [1.807, 2.05) is 0 Å². The van der Waals surface area contributed by atoms with Crippen molar-refractivity contribution in [3.8, 4) is 0 Å². The lowest BCUT2D eigenvalue weighted by Crippen LogP contribution is -2.31. The molecule has 1 heterocycles. The highest BCUT2D eigenvalue weighted by atomic mass is 35.5. The van der Waals surface area contributed by atoms with Crippen LogP contribution >= 0.6 is 11.6 Å². The topological polar surface area (TPSA) is 88.3 Å². The van der Waals surface area contributed by atoms with E-state index in [1.165, 1.54) is 16.7 Å². The monoisotopic (exact) mass is 278 g/mol. The number of hydrogen-bond acceptors (Lipinski definition) is 5. The fraction of sp³-hybridized carbons (Fsp3) is 0.444. The van der Waals surface area contributed by atoms with Crippen molar-refractivity contribution in [3.63, 3.8) is 0 Å². The van der Waals surface area contributed by atoms with Crippen molar-refractivity contribution in [1.82, 2.24) is 9.29 Å². The lowest BCUT2D eigenvalue weighted by Gasteiger charge is -2.20. The molecule has 96 valence electrons. The van der Waals surface area contributed by atoms with E-state index in [2.05, 4.69) is 10.4 Å². The maximum absolute atomic E-state index is 12.3. The Hall–Kier alpha value is -0.890. The molecule has 0 aliphatic carbocycles. The summed E-state index contributed by atoms with van der Waals surface area (Å²) in [6, 6.07) is 0. The number of nitrogens with one attached hydrogen (secondary N) is 1. The number of sulfonamides is 1. The Kier molecular flexibility index (Phi) is 4.70. The van der Waals surface area contributed by atoms with Gasteiger partial charge in [0.2, 0.25) is 10.0 Å². The third-order valence-electron chi connectivity index (χ3n) is 2.33. The summed E-state index contributed by atoms with van der Waals surface area (Å²) in [5.41, 5.74) is 2.46. The first-order valence-electron chi connectivity index (χ1n) is 5.09. The number of hydrazine groups is 1. The van der Waals surface area contributed by atoms with Crippen molar-refractivity contribution in [2.75, 3.05) is 18.5 Å². The molecule has 8 heteroatoms. The summed E-state index contributed by atoms with van der Waals surface area (Å²) in [4.78, 5) is 3.76. The normalized spacial score (nSPS) is 11.8.